The monoisotopic (exact) mass is 289 g/mol. The second kappa shape index (κ2) is 6.12. The summed E-state index contributed by atoms with van der Waals surface area (Å²) in [4.78, 5) is 9.92. The van der Waals surface area contributed by atoms with Gasteiger partial charge in [-0.3, -0.25) is 0 Å². The van der Waals surface area contributed by atoms with E-state index in [1.54, 1.807) is 4.90 Å². The molecule has 1 aromatic rings. The van der Waals surface area contributed by atoms with Gasteiger partial charge in [-0.05, 0) is 6.42 Å². The second-order valence-corrected chi connectivity index (χ2v) is 4.49. The van der Waals surface area contributed by atoms with Gasteiger partial charge in [-0.2, -0.15) is 0 Å². The van der Waals surface area contributed by atoms with Crippen LogP contribution in [0.25, 0.3) is 0 Å². The Labute approximate surface area is 103 Å². The molecule has 2 N–H and O–H groups in total. The smallest absolute Gasteiger partial charge is 0.224 e. The minimum atomic E-state index is -0.936. The molecule has 0 aliphatic rings. The summed E-state index contributed by atoms with van der Waals surface area (Å²) >= 11 is 3.21. The van der Waals surface area contributed by atoms with E-state index in [4.69, 9.17) is 0 Å². The van der Waals surface area contributed by atoms with E-state index in [0.717, 1.165) is 0 Å². The highest BCUT2D eigenvalue weighted by atomic mass is 79.9. The first-order valence-electron chi connectivity index (χ1n) is 4.97. The molecule has 0 radical (unpaired) electrons. The lowest BCUT2D eigenvalue weighted by Gasteiger charge is -2.17. The van der Waals surface area contributed by atoms with E-state index in [2.05, 4.69) is 25.9 Å². The summed E-state index contributed by atoms with van der Waals surface area (Å²) in [7, 11) is 3.68. The summed E-state index contributed by atoms with van der Waals surface area (Å²) in [6.45, 7) is 0. The topological polar surface area (TPSA) is 69.5 Å². The van der Waals surface area contributed by atoms with Crippen LogP contribution in [0.5, 0.6) is 0 Å². The van der Waals surface area contributed by atoms with Crippen LogP contribution < -0.4 is 4.90 Å². The van der Waals surface area contributed by atoms with Gasteiger partial charge < -0.3 is 15.1 Å². The van der Waals surface area contributed by atoms with Gasteiger partial charge in [0.1, 0.15) is 6.10 Å². The van der Waals surface area contributed by atoms with Gasteiger partial charge in [-0.15, -0.1) is 0 Å². The Kier molecular flexibility index (Phi) is 5.11. The number of hydrogen-bond donors (Lipinski definition) is 2. The number of aliphatic hydroxyl groups excluding tert-OH is 2. The van der Waals surface area contributed by atoms with Crippen molar-refractivity contribution in [3.05, 3.63) is 18.0 Å². The molecule has 6 heteroatoms. The predicted octanol–water partition coefficient (Wildman–Crippen LogP) is 0.722. The molecule has 0 saturated heterocycles. The molecule has 0 fully saturated rings. The Hall–Kier alpha value is -0.720. The van der Waals surface area contributed by atoms with Crippen LogP contribution in [0.2, 0.25) is 0 Å². The van der Waals surface area contributed by atoms with E-state index < -0.39 is 12.2 Å². The van der Waals surface area contributed by atoms with Crippen molar-refractivity contribution in [1.82, 2.24) is 9.97 Å². The molecular weight excluding hydrogens is 274 g/mol. The SMILES string of the molecule is CN(C)c1ncc(C(O)C(O)CCBr)cn1. The number of aliphatic hydroxyl groups is 2. The Morgan fingerprint density at radius 1 is 1.31 bits per heavy atom. The molecule has 0 spiro atoms. The summed E-state index contributed by atoms with van der Waals surface area (Å²) < 4.78 is 0. The summed E-state index contributed by atoms with van der Waals surface area (Å²) in [5, 5.41) is 20.0. The van der Waals surface area contributed by atoms with E-state index >= 15 is 0 Å². The number of rotatable bonds is 5. The number of anilines is 1. The molecule has 16 heavy (non-hydrogen) atoms. The highest BCUT2D eigenvalue weighted by Gasteiger charge is 2.18. The maximum atomic E-state index is 9.79. The number of alkyl halides is 1. The minimum Gasteiger partial charge on any atom is -0.390 e. The highest BCUT2D eigenvalue weighted by Crippen LogP contribution is 2.18. The van der Waals surface area contributed by atoms with Crippen LogP contribution in [-0.2, 0) is 0 Å². The molecule has 0 aliphatic heterocycles. The fourth-order valence-electron chi connectivity index (χ4n) is 1.21. The Bertz CT molecular complexity index is 318. The molecule has 1 aromatic heterocycles. The zero-order valence-electron chi connectivity index (χ0n) is 9.34. The van der Waals surface area contributed by atoms with Crippen LogP contribution >= 0.6 is 15.9 Å². The fraction of sp³-hybridized carbons (Fsp3) is 0.600. The highest BCUT2D eigenvalue weighted by molar-refractivity contribution is 9.09. The average Bonchev–Trinajstić information content (AvgIpc) is 2.28. The molecule has 0 saturated carbocycles. The summed E-state index contributed by atoms with van der Waals surface area (Å²) in [5.41, 5.74) is 0.527. The van der Waals surface area contributed by atoms with Crippen molar-refractivity contribution in [2.45, 2.75) is 18.6 Å². The van der Waals surface area contributed by atoms with Crippen molar-refractivity contribution >= 4 is 21.9 Å². The molecule has 2 unspecified atom stereocenters. The van der Waals surface area contributed by atoms with Crippen molar-refractivity contribution in [2.24, 2.45) is 0 Å². The Morgan fingerprint density at radius 2 is 1.88 bits per heavy atom. The quantitative estimate of drug-likeness (QED) is 0.782. The molecule has 0 aromatic carbocycles. The number of aromatic nitrogens is 2. The lowest BCUT2D eigenvalue weighted by molar-refractivity contribution is 0.0169. The second-order valence-electron chi connectivity index (χ2n) is 3.70. The van der Waals surface area contributed by atoms with Crippen LogP contribution in [0.4, 0.5) is 5.95 Å². The van der Waals surface area contributed by atoms with Gasteiger partial charge in [0.15, 0.2) is 0 Å². The normalized spacial score (nSPS) is 14.6. The van der Waals surface area contributed by atoms with Gasteiger partial charge in [0.25, 0.3) is 0 Å². The standard InChI is InChI=1S/C10H16BrN3O2/c1-14(2)10-12-5-7(6-13-10)9(16)8(15)3-4-11/h5-6,8-9,15-16H,3-4H2,1-2H3. The van der Waals surface area contributed by atoms with Gasteiger partial charge in [-0.25, -0.2) is 9.97 Å². The van der Waals surface area contributed by atoms with E-state index in [9.17, 15) is 10.2 Å². The fourth-order valence-corrected chi connectivity index (χ4v) is 1.68. The minimum absolute atomic E-state index is 0.483. The average molecular weight is 290 g/mol. The molecule has 1 rings (SSSR count). The van der Waals surface area contributed by atoms with Crippen molar-refractivity contribution in [3.63, 3.8) is 0 Å². The van der Waals surface area contributed by atoms with Crippen LogP contribution in [0.1, 0.15) is 18.1 Å². The lowest BCUT2D eigenvalue weighted by Crippen LogP contribution is -2.20. The van der Waals surface area contributed by atoms with Crippen LogP contribution in [-0.4, -0.2) is 45.7 Å². The molecule has 2 atom stereocenters. The third-order valence-electron chi connectivity index (χ3n) is 2.17. The van der Waals surface area contributed by atoms with Crippen LogP contribution in [0, 0.1) is 0 Å². The molecule has 1 heterocycles. The summed E-state index contributed by atoms with van der Waals surface area (Å²) in [6, 6.07) is 0. The first-order chi connectivity index (χ1) is 7.56. The Balaban J connectivity index is 2.73. The number of nitrogens with zero attached hydrogens (tertiary/aromatic N) is 3. The molecule has 0 amide bonds. The maximum Gasteiger partial charge on any atom is 0.224 e. The largest absolute Gasteiger partial charge is 0.390 e. The van der Waals surface area contributed by atoms with E-state index in [-0.39, 0.29) is 0 Å². The van der Waals surface area contributed by atoms with Crippen LogP contribution in [0.3, 0.4) is 0 Å². The molecular formula is C10H16BrN3O2. The zero-order chi connectivity index (χ0) is 12.1. The Morgan fingerprint density at radius 3 is 2.31 bits per heavy atom. The van der Waals surface area contributed by atoms with E-state index in [0.29, 0.717) is 23.3 Å². The van der Waals surface area contributed by atoms with Gasteiger partial charge in [0.2, 0.25) is 5.95 Å². The van der Waals surface area contributed by atoms with Gasteiger partial charge in [-0.1, -0.05) is 15.9 Å². The number of halogens is 1. The van der Waals surface area contributed by atoms with Gasteiger partial charge in [0, 0.05) is 37.4 Å². The lowest BCUT2D eigenvalue weighted by atomic mass is 10.1. The summed E-state index contributed by atoms with van der Waals surface area (Å²) in [5.74, 6) is 0.575. The maximum absolute atomic E-state index is 9.79. The molecule has 90 valence electrons. The summed E-state index contributed by atoms with van der Waals surface area (Å²) in [6.07, 6.45) is 1.81. The zero-order valence-corrected chi connectivity index (χ0v) is 10.9. The third kappa shape index (κ3) is 3.40. The molecule has 0 aliphatic carbocycles. The van der Waals surface area contributed by atoms with E-state index in [1.165, 1.54) is 12.4 Å². The third-order valence-corrected chi connectivity index (χ3v) is 2.63. The van der Waals surface area contributed by atoms with Gasteiger partial charge in [0.05, 0.1) is 6.10 Å². The number of hydrogen-bond acceptors (Lipinski definition) is 5. The molecule has 5 nitrogen and oxygen atoms in total. The van der Waals surface area contributed by atoms with Crippen LogP contribution in [0.15, 0.2) is 12.4 Å². The van der Waals surface area contributed by atoms with Gasteiger partial charge >= 0.3 is 0 Å². The predicted molar refractivity (Wildman–Crippen MR) is 65.7 cm³/mol. The van der Waals surface area contributed by atoms with E-state index in [1.807, 2.05) is 14.1 Å². The van der Waals surface area contributed by atoms with Crippen molar-refractivity contribution in [2.75, 3.05) is 24.3 Å². The van der Waals surface area contributed by atoms with Crippen molar-refractivity contribution in [1.29, 1.82) is 0 Å². The van der Waals surface area contributed by atoms with Crippen molar-refractivity contribution in [3.8, 4) is 0 Å². The first kappa shape index (κ1) is 13.3. The van der Waals surface area contributed by atoms with Crippen molar-refractivity contribution < 1.29 is 10.2 Å². The first-order valence-corrected chi connectivity index (χ1v) is 6.09. The molecule has 0 bridgehead atoms.